The Bertz CT molecular complexity index is 419. The lowest BCUT2D eigenvalue weighted by molar-refractivity contribution is 0.128. The second-order valence-corrected chi connectivity index (χ2v) is 6.50. The quantitative estimate of drug-likeness (QED) is 0.868. The lowest BCUT2D eigenvalue weighted by Gasteiger charge is -2.10. The van der Waals surface area contributed by atoms with Crippen LogP contribution in [0.2, 0.25) is 0 Å². The molecule has 3 nitrogen and oxygen atoms in total. The highest BCUT2D eigenvalue weighted by Gasteiger charge is 2.19. The summed E-state index contributed by atoms with van der Waals surface area (Å²) in [4.78, 5) is 0. The highest BCUT2D eigenvalue weighted by Crippen LogP contribution is 2.25. The molecule has 2 atom stereocenters. The van der Waals surface area contributed by atoms with Gasteiger partial charge in [0.1, 0.15) is 0 Å². The Kier molecular flexibility index (Phi) is 4.59. The van der Waals surface area contributed by atoms with E-state index in [2.05, 4.69) is 15.9 Å². The van der Waals surface area contributed by atoms with E-state index in [1.165, 1.54) is 0 Å². The summed E-state index contributed by atoms with van der Waals surface area (Å²) in [6.45, 7) is 0.809. The molecule has 1 aliphatic heterocycles. The summed E-state index contributed by atoms with van der Waals surface area (Å²) < 4.78 is 18.3. The molecule has 1 aromatic rings. The molecule has 0 spiro atoms. The standard InChI is InChI=1S/C12H16BrNO2S/c13-12-9(3-1-5-11(12)14)7-17(15)8-10-4-2-6-16-10/h1,3,5,10H,2,4,6-8,14H2. The molecule has 1 aliphatic rings. The van der Waals surface area contributed by atoms with Crippen LogP contribution in [0.5, 0.6) is 0 Å². The minimum absolute atomic E-state index is 0.177. The van der Waals surface area contributed by atoms with E-state index < -0.39 is 10.8 Å². The summed E-state index contributed by atoms with van der Waals surface area (Å²) in [6, 6.07) is 5.67. The molecule has 1 heterocycles. The third-order valence-electron chi connectivity index (χ3n) is 2.82. The third kappa shape index (κ3) is 3.53. The van der Waals surface area contributed by atoms with Gasteiger partial charge in [0.15, 0.2) is 0 Å². The van der Waals surface area contributed by atoms with Crippen LogP contribution in [0.1, 0.15) is 18.4 Å². The van der Waals surface area contributed by atoms with Crippen LogP contribution in [-0.4, -0.2) is 22.7 Å². The second-order valence-electron chi connectivity index (χ2n) is 4.21. The summed E-state index contributed by atoms with van der Waals surface area (Å²) in [5.41, 5.74) is 7.48. The topological polar surface area (TPSA) is 52.3 Å². The number of ether oxygens (including phenoxy) is 1. The maximum Gasteiger partial charge on any atom is 0.0691 e. The molecule has 0 aliphatic carbocycles. The highest BCUT2D eigenvalue weighted by atomic mass is 79.9. The zero-order valence-electron chi connectivity index (χ0n) is 9.52. The summed E-state index contributed by atoms with van der Waals surface area (Å²) in [7, 11) is -0.890. The molecule has 1 fully saturated rings. The maximum atomic E-state index is 12.0. The molecule has 17 heavy (non-hydrogen) atoms. The van der Waals surface area contributed by atoms with Crippen molar-refractivity contribution in [1.82, 2.24) is 0 Å². The van der Waals surface area contributed by atoms with E-state index >= 15 is 0 Å². The van der Waals surface area contributed by atoms with Gasteiger partial charge in [-0.05, 0) is 40.4 Å². The number of anilines is 1. The fourth-order valence-electron chi connectivity index (χ4n) is 1.93. The smallest absolute Gasteiger partial charge is 0.0691 e. The number of benzene rings is 1. The van der Waals surface area contributed by atoms with Crippen LogP contribution in [0.4, 0.5) is 5.69 Å². The van der Waals surface area contributed by atoms with Crippen LogP contribution in [-0.2, 0) is 21.3 Å². The van der Waals surface area contributed by atoms with Crippen LogP contribution in [0, 0.1) is 0 Å². The normalized spacial score (nSPS) is 21.6. The molecule has 1 saturated heterocycles. The summed E-state index contributed by atoms with van der Waals surface area (Å²) >= 11 is 3.43. The van der Waals surface area contributed by atoms with E-state index in [4.69, 9.17) is 10.5 Å². The lowest BCUT2D eigenvalue weighted by Crippen LogP contribution is -2.16. The van der Waals surface area contributed by atoms with E-state index in [0.717, 1.165) is 29.5 Å². The molecule has 94 valence electrons. The first kappa shape index (κ1) is 13.1. The van der Waals surface area contributed by atoms with Crippen LogP contribution >= 0.6 is 15.9 Å². The van der Waals surface area contributed by atoms with Crippen molar-refractivity contribution in [2.75, 3.05) is 18.1 Å². The number of nitrogen functional groups attached to an aromatic ring is 1. The molecule has 2 rings (SSSR count). The van der Waals surface area contributed by atoms with Crippen LogP contribution in [0.3, 0.4) is 0 Å². The minimum atomic E-state index is -0.890. The molecule has 0 amide bonds. The summed E-state index contributed by atoms with van der Waals surface area (Å²) in [5.74, 6) is 1.16. The lowest BCUT2D eigenvalue weighted by atomic mass is 10.2. The first-order valence-corrected chi connectivity index (χ1v) is 7.94. The molecule has 0 radical (unpaired) electrons. The first-order valence-electron chi connectivity index (χ1n) is 5.66. The number of hydrogen-bond acceptors (Lipinski definition) is 3. The summed E-state index contributed by atoms with van der Waals surface area (Å²) in [5, 5.41) is 0. The summed E-state index contributed by atoms with van der Waals surface area (Å²) in [6.07, 6.45) is 2.30. The van der Waals surface area contributed by atoms with E-state index in [1.807, 2.05) is 18.2 Å². The molecule has 1 aromatic carbocycles. The van der Waals surface area contributed by atoms with Gasteiger partial charge in [-0.25, -0.2) is 0 Å². The Labute approximate surface area is 112 Å². The Morgan fingerprint density at radius 1 is 1.53 bits per heavy atom. The van der Waals surface area contributed by atoms with Crippen molar-refractivity contribution in [3.05, 3.63) is 28.2 Å². The predicted octanol–water partition coefficient (Wildman–Crippen LogP) is 2.46. The van der Waals surface area contributed by atoms with Gasteiger partial charge in [0.05, 0.1) is 11.9 Å². The zero-order chi connectivity index (χ0) is 12.3. The van der Waals surface area contributed by atoms with Gasteiger partial charge >= 0.3 is 0 Å². The maximum absolute atomic E-state index is 12.0. The van der Waals surface area contributed by atoms with Gasteiger partial charge in [0.2, 0.25) is 0 Å². The van der Waals surface area contributed by atoms with Crippen molar-refractivity contribution in [3.8, 4) is 0 Å². The number of halogens is 1. The fraction of sp³-hybridized carbons (Fsp3) is 0.500. The molecule has 2 N–H and O–H groups in total. The molecular weight excluding hydrogens is 302 g/mol. The Balaban J connectivity index is 1.95. The van der Waals surface area contributed by atoms with Crippen LogP contribution in [0.25, 0.3) is 0 Å². The van der Waals surface area contributed by atoms with E-state index in [9.17, 15) is 4.21 Å². The van der Waals surface area contributed by atoms with E-state index in [0.29, 0.717) is 17.2 Å². The van der Waals surface area contributed by atoms with E-state index in [-0.39, 0.29) is 6.10 Å². The fourth-order valence-corrected chi connectivity index (χ4v) is 3.90. The monoisotopic (exact) mass is 317 g/mol. The molecular formula is C12H16BrNO2S. The van der Waals surface area contributed by atoms with Gasteiger partial charge in [0.25, 0.3) is 0 Å². The van der Waals surface area contributed by atoms with Gasteiger partial charge in [-0.1, -0.05) is 12.1 Å². The molecule has 2 unspecified atom stereocenters. The van der Waals surface area contributed by atoms with Gasteiger partial charge in [-0.3, -0.25) is 4.21 Å². The molecule has 5 heteroatoms. The third-order valence-corrected chi connectivity index (χ3v) is 5.16. The van der Waals surface area contributed by atoms with Gasteiger partial charge in [0, 0.05) is 33.3 Å². The average molecular weight is 318 g/mol. The van der Waals surface area contributed by atoms with Crippen molar-refractivity contribution in [2.24, 2.45) is 0 Å². The Hall–Kier alpha value is -0.390. The van der Waals surface area contributed by atoms with Crippen molar-refractivity contribution < 1.29 is 8.95 Å². The average Bonchev–Trinajstić information content (AvgIpc) is 2.77. The van der Waals surface area contributed by atoms with Crippen molar-refractivity contribution in [2.45, 2.75) is 24.7 Å². The first-order chi connectivity index (χ1) is 8.16. The predicted molar refractivity (Wildman–Crippen MR) is 74.2 cm³/mol. The molecule has 0 aromatic heterocycles. The second kappa shape index (κ2) is 5.98. The number of hydrogen-bond donors (Lipinski definition) is 1. The van der Waals surface area contributed by atoms with Gasteiger partial charge < -0.3 is 10.5 Å². The zero-order valence-corrected chi connectivity index (χ0v) is 11.9. The van der Waals surface area contributed by atoms with Crippen molar-refractivity contribution >= 4 is 32.4 Å². The van der Waals surface area contributed by atoms with Crippen LogP contribution in [0.15, 0.2) is 22.7 Å². The Morgan fingerprint density at radius 3 is 3.06 bits per heavy atom. The minimum Gasteiger partial charge on any atom is -0.398 e. The number of nitrogens with two attached hydrogens (primary N) is 1. The van der Waals surface area contributed by atoms with Crippen LogP contribution < -0.4 is 5.73 Å². The van der Waals surface area contributed by atoms with Crippen molar-refractivity contribution in [1.29, 1.82) is 0 Å². The highest BCUT2D eigenvalue weighted by molar-refractivity contribution is 9.10. The number of rotatable bonds is 4. The van der Waals surface area contributed by atoms with Gasteiger partial charge in [-0.2, -0.15) is 0 Å². The molecule has 0 bridgehead atoms. The molecule has 0 saturated carbocycles. The Morgan fingerprint density at radius 2 is 2.35 bits per heavy atom. The SMILES string of the molecule is Nc1cccc(CS(=O)CC2CCCO2)c1Br. The van der Waals surface area contributed by atoms with Gasteiger partial charge in [-0.15, -0.1) is 0 Å². The van der Waals surface area contributed by atoms with E-state index in [1.54, 1.807) is 0 Å². The largest absolute Gasteiger partial charge is 0.398 e. The van der Waals surface area contributed by atoms with Crippen molar-refractivity contribution in [3.63, 3.8) is 0 Å².